The van der Waals surface area contributed by atoms with E-state index in [4.69, 9.17) is 0 Å². The maximum absolute atomic E-state index is 12.5. The van der Waals surface area contributed by atoms with Gasteiger partial charge in [-0.25, -0.2) is 0 Å². The Bertz CT molecular complexity index is 307. The highest BCUT2D eigenvalue weighted by Crippen LogP contribution is 2.25. The predicted octanol–water partition coefficient (Wildman–Crippen LogP) is 4.01. The van der Waals surface area contributed by atoms with Crippen LogP contribution in [0, 0.1) is 3.57 Å². The minimum atomic E-state index is -0.319. The zero-order valence-electron chi connectivity index (χ0n) is 7.56. The zero-order valence-corrected chi connectivity index (χ0v) is 9.71. The van der Waals surface area contributed by atoms with Gasteiger partial charge in [-0.15, -0.1) is 0 Å². The molecule has 0 bridgehead atoms. The van der Waals surface area contributed by atoms with Gasteiger partial charge in [0.25, 0.3) is 0 Å². The fraction of sp³-hybridized carbons (Fsp3) is 0.273. The van der Waals surface area contributed by atoms with E-state index in [-0.39, 0.29) is 12.6 Å². The number of alkyl halides is 1. The second-order valence-corrected chi connectivity index (χ2v) is 4.16. The molecule has 1 rings (SSSR count). The van der Waals surface area contributed by atoms with Crippen LogP contribution in [0.1, 0.15) is 24.0 Å². The SMILES string of the molecule is C=Cc1c(I)cccc1C(C)CF. The molecule has 0 aromatic heterocycles. The van der Waals surface area contributed by atoms with Gasteiger partial charge in [0.05, 0.1) is 6.67 Å². The molecule has 13 heavy (non-hydrogen) atoms. The Morgan fingerprint density at radius 2 is 2.31 bits per heavy atom. The van der Waals surface area contributed by atoms with Gasteiger partial charge in [-0.1, -0.05) is 31.7 Å². The molecule has 0 nitrogen and oxygen atoms in total. The van der Waals surface area contributed by atoms with Crippen molar-refractivity contribution in [2.45, 2.75) is 12.8 Å². The zero-order chi connectivity index (χ0) is 9.84. The molecular weight excluding hydrogens is 278 g/mol. The topological polar surface area (TPSA) is 0 Å². The van der Waals surface area contributed by atoms with Crippen molar-refractivity contribution in [2.24, 2.45) is 0 Å². The van der Waals surface area contributed by atoms with Crippen molar-refractivity contribution in [2.75, 3.05) is 6.67 Å². The highest BCUT2D eigenvalue weighted by atomic mass is 127. The van der Waals surface area contributed by atoms with Crippen molar-refractivity contribution in [3.05, 3.63) is 39.5 Å². The van der Waals surface area contributed by atoms with Crippen LogP contribution in [0.3, 0.4) is 0 Å². The number of rotatable bonds is 3. The monoisotopic (exact) mass is 290 g/mol. The number of hydrogen-bond acceptors (Lipinski definition) is 0. The lowest BCUT2D eigenvalue weighted by atomic mass is 9.97. The third-order valence-electron chi connectivity index (χ3n) is 2.05. The summed E-state index contributed by atoms with van der Waals surface area (Å²) in [6, 6.07) is 5.92. The highest BCUT2D eigenvalue weighted by molar-refractivity contribution is 14.1. The summed E-state index contributed by atoms with van der Waals surface area (Å²) >= 11 is 2.24. The summed E-state index contributed by atoms with van der Waals surface area (Å²) < 4.78 is 13.6. The van der Waals surface area contributed by atoms with Gasteiger partial charge in [0, 0.05) is 9.49 Å². The standard InChI is InChI=1S/C11H12FI/c1-3-9-10(8(2)7-12)5-4-6-11(9)13/h3-6,8H,1,7H2,2H3. The summed E-state index contributed by atoms with van der Waals surface area (Å²) in [6.45, 7) is 5.31. The molecule has 0 heterocycles. The molecule has 0 amide bonds. The van der Waals surface area contributed by atoms with Crippen LogP contribution in [-0.2, 0) is 0 Å². The quantitative estimate of drug-likeness (QED) is 0.738. The molecule has 70 valence electrons. The maximum atomic E-state index is 12.5. The smallest absolute Gasteiger partial charge is 0.0960 e. The van der Waals surface area contributed by atoms with Crippen molar-refractivity contribution < 1.29 is 4.39 Å². The van der Waals surface area contributed by atoms with E-state index in [1.165, 1.54) is 0 Å². The molecule has 0 aliphatic rings. The molecule has 1 atom stereocenters. The average molecular weight is 290 g/mol. The first-order chi connectivity index (χ1) is 6.20. The van der Waals surface area contributed by atoms with E-state index in [2.05, 4.69) is 29.2 Å². The fourth-order valence-electron chi connectivity index (χ4n) is 1.28. The number of hydrogen-bond donors (Lipinski definition) is 0. The molecular formula is C11H12FI. The van der Waals surface area contributed by atoms with Gasteiger partial charge < -0.3 is 0 Å². The van der Waals surface area contributed by atoms with Gasteiger partial charge in [0.1, 0.15) is 0 Å². The Kier molecular flexibility index (Phi) is 3.90. The van der Waals surface area contributed by atoms with Gasteiger partial charge in [-0.05, 0) is 39.8 Å². The molecule has 1 aromatic carbocycles. The Morgan fingerprint density at radius 3 is 2.85 bits per heavy atom. The van der Waals surface area contributed by atoms with Crippen LogP contribution in [-0.4, -0.2) is 6.67 Å². The Hall–Kier alpha value is -0.380. The van der Waals surface area contributed by atoms with Crippen molar-refractivity contribution in [1.82, 2.24) is 0 Å². The summed E-state index contributed by atoms with van der Waals surface area (Å²) in [5.41, 5.74) is 2.11. The molecule has 0 aliphatic heterocycles. The summed E-state index contributed by atoms with van der Waals surface area (Å²) in [5, 5.41) is 0. The van der Waals surface area contributed by atoms with Gasteiger partial charge in [0.15, 0.2) is 0 Å². The van der Waals surface area contributed by atoms with Crippen molar-refractivity contribution in [1.29, 1.82) is 0 Å². The summed E-state index contributed by atoms with van der Waals surface area (Å²) in [7, 11) is 0. The Morgan fingerprint density at radius 1 is 1.62 bits per heavy atom. The van der Waals surface area contributed by atoms with Crippen molar-refractivity contribution >= 4 is 28.7 Å². The van der Waals surface area contributed by atoms with Crippen LogP contribution in [0.25, 0.3) is 6.08 Å². The molecule has 0 spiro atoms. The molecule has 1 aromatic rings. The van der Waals surface area contributed by atoms with Gasteiger partial charge >= 0.3 is 0 Å². The molecule has 1 unspecified atom stereocenters. The Labute approximate surface area is 92.0 Å². The summed E-state index contributed by atoms with van der Waals surface area (Å²) in [5.74, 6) is -0.0392. The van der Waals surface area contributed by atoms with Crippen LogP contribution in [0.5, 0.6) is 0 Å². The van der Waals surface area contributed by atoms with Crippen molar-refractivity contribution in [3.8, 4) is 0 Å². The second kappa shape index (κ2) is 4.74. The minimum Gasteiger partial charge on any atom is -0.250 e. The molecule has 0 fully saturated rings. The molecule has 0 saturated heterocycles. The number of halogens is 2. The summed E-state index contributed by atoms with van der Waals surface area (Å²) in [6.07, 6.45) is 1.79. The highest BCUT2D eigenvalue weighted by Gasteiger charge is 2.09. The lowest BCUT2D eigenvalue weighted by molar-refractivity contribution is 0.447. The predicted molar refractivity (Wildman–Crippen MR) is 63.6 cm³/mol. The molecule has 0 radical (unpaired) electrons. The first kappa shape index (κ1) is 10.7. The molecule has 0 aliphatic carbocycles. The maximum Gasteiger partial charge on any atom is 0.0960 e. The van der Waals surface area contributed by atoms with Gasteiger partial charge in [0.2, 0.25) is 0 Å². The first-order valence-electron chi connectivity index (χ1n) is 4.17. The van der Waals surface area contributed by atoms with Crippen LogP contribution in [0.15, 0.2) is 24.8 Å². The van der Waals surface area contributed by atoms with E-state index >= 15 is 0 Å². The Balaban J connectivity index is 3.19. The lowest BCUT2D eigenvalue weighted by Crippen LogP contribution is -1.99. The fourth-order valence-corrected chi connectivity index (χ4v) is 2.02. The second-order valence-electron chi connectivity index (χ2n) is 3.00. The number of benzene rings is 1. The lowest BCUT2D eigenvalue weighted by Gasteiger charge is -2.12. The normalized spacial score (nSPS) is 12.5. The van der Waals surface area contributed by atoms with E-state index in [0.29, 0.717) is 0 Å². The van der Waals surface area contributed by atoms with E-state index < -0.39 is 0 Å². The van der Waals surface area contributed by atoms with Gasteiger partial charge in [-0.3, -0.25) is 4.39 Å². The van der Waals surface area contributed by atoms with Crippen LogP contribution < -0.4 is 0 Å². The molecule has 0 N–H and O–H groups in total. The van der Waals surface area contributed by atoms with E-state index in [9.17, 15) is 4.39 Å². The summed E-state index contributed by atoms with van der Waals surface area (Å²) in [4.78, 5) is 0. The van der Waals surface area contributed by atoms with E-state index in [1.54, 1.807) is 6.08 Å². The van der Waals surface area contributed by atoms with Crippen LogP contribution in [0.2, 0.25) is 0 Å². The van der Waals surface area contributed by atoms with Crippen LogP contribution in [0.4, 0.5) is 4.39 Å². The minimum absolute atomic E-state index is 0.0392. The molecule has 0 saturated carbocycles. The van der Waals surface area contributed by atoms with Crippen molar-refractivity contribution in [3.63, 3.8) is 0 Å². The van der Waals surface area contributed by atoms with E-state index in [1.807, 2.05) is 25.1 Å². The third kappa shape index (κ3) is 2.30. The van der Waals surface area contributed by atoms with E-state index in [0.717, 1.165) is 14.7 Å². The molecule has 2 heteroatoms. The van der Waals surface area contributed by atoms with Crippen LogP contribution >= 0.6 is 22.6 Å². The van der Waals surface area contributed by atoms with Gasteiger partial charge in [-0.2, -0.15) is 0 Å². The third-order valence-corrected chi connectivity index (χ3v) is 2.99. The largest absolute Gasteiger partial charge is 0.250 e. The first-order valence-corrected chi connectivity index (χ1v) is 5.25. The average Bonchev–Trinajstić information content (AvgIpc) is 2.16.